The van der Waals surface area contributed by atoms with Crippen molar-refractivity contribution in [3.63, 3.8) is 0 Å². The number of ether oxygens (including phenoxy) is 1. The topological polar surface area (TPSA) is 117 Å². The van der Waals surface area contributed by atoms with Gasteiger partial charge in [-0.15, -0.1) is 0 Å². The van der Waals surface area contributed by atoms with Crippen molar-refractivity contribution in [1.82, 2.24) is 0 Å². The molecule has 2 heterocycles. The number of esters is 1. The summed E-state index contributed by atoms with van der Waals surface area (Å²) in [7, 11) is 0. The molecule has 0 bridgehead atoms. The average molecular weight is 390 g/mol. The van der Waals surface area contributed by atoms with E-state index >= 15 is 0 Å². The van der Waals surface area contributed by atoms with Gasteiger partial charge in [-0.3, -0.25) is 9.59 Å². The number of aliphatic carboxylic acids is 1. The first-order valence-electron chi connectivity index (χ1n) is 8.72. The van der Waals surface area contributed by atoms with Gasteiger partial charge >= 0.3 is 11.9 Å². The minimum atomic E-state index is -1.02. The molecule has 8 heteroatoms. The van der Waals surface area contributed by atoms with E-state index in [9.17, 15) is 20.0 Å². The fourth-order valence-corrected chi connectivity index (χ4v) is 2.20. The van der Waals surface area contributed by atoms with Gasteiger partial charge in [0, 0.05) is 23.3 Å². The van der Waals surface area contributed by atoms with Gasteiger partial charge in [-0.1, -0.05) is 0 Å². The molecule has 0 aliphatic heterocycles. The van der Waals surface area contributed by atoms with E-state index < -0.39 is 16.8 Å². The molecule has 0 atom stereocenters. The van der Waals surface area contributed by atoms with Crippen LogP contribution < -0.4 is 9.46 Å². The SMILES string of the molecule is CC(C)(C(=O)O)c1ccc[n+]([O-])c1.CCOC(=O)C(C)(C)c1ccc[n+]([O-])c1. The van der Waals surface area contributed by atoms with Crippen LogP contribution in [0.2, 0.25) is 0 Å². The summed E-state index contributed by atoms with van der Waals surface area (Å²) < 4.78 is 6.22. The highest BCUT2D eigenvalue weighted by Gasteiger charge is 2.33. The van der Waals surface area contributed by atoms with Crippen molar-refractivity contribution in [3.05, 3.63) is 70.6 Å². The van der Waals surface area contributed by atoms with E-state index in [1.807, 2.05) is 0 Å². The highest BCUT2D eigenvalue weighted by Crippen LogP contribution is 2.23. The molecule has 0 saturated carbocycles. The summed E-state index contributed by atoms with van der Waals surface area (Å²) >= 11 is 0. The molecule has 1 N–H and O–H groups in total. The summed E-state index contributed by atoms with van der Waals surface area (Å²) in [6.45, 7) is 8.69. The zero-order valence-electron chi connectivity index (χ0n) is 16.7. The van der Waals surface area contributed by atoms with Crippen LogP contribution in [0.25, 0.3) is 0 Å². The first kappa shape index (κ1) is 22.9. The lowest BCUT2D eigenvalue weighted by atomic mass is 9.86. The van der Waals surface area contributed by atoms with Crippen LogP contribution in [0.5, 0.6) is 0 Å². The Kier molecular flexibility index (Phi) is 7.49. The van der Waals surface area contributed by atoms with Crippen LogP contribution in [-0.2, 0) is 25.2 Å². The smallest absolute Gasteiger partial charge is 0.316 e. The Balaban J connectivity index is 0.000000283. The normalized spacial score (nSPS) is 11.2. The zero-order valence-corrected chi connectivity index (χ0v) is 16.7. The quantitative estimate of drug-likeness (QED) is 0.473. The summed E-state index contributed by atoms with van der Waals surface area (Å²) in [6, 6.07) is 6.52. The molecule has 2 aromatic rings. The summed E-state index contributed by atoms with van der Waals surface area (Å²) in [5.41, 5.74) is -0.660. The van der Waals surface area contributed by atoms with Crippen molar-refractivity contribution in [1.29, 1.82) is 0 Å². The zero-order chi connectivity index (χ0) is 21.5. The van der Waals surface area contributed by atoms with Gasteiger partial charge in [-0.05, 0) is 46.8 Å². The lowest BCUT2D eigenvalue weighted by Crippen LogP contribution is -2.35. The second-order valence-electron chi connectivity index (χ2n) is 7.18. The number of nitrogens with zero attached hydrogens (tertiary/aromatic N) is 2. The molecule has 8 nitrogen and oxygen atoms in total. The minimum Gasteiger partial charge on any atom is -0.619 e. The van der Waals surface area contributed by atoms with Crippen molar-refractivity contribution in [2.75, 3.05) is 6.61 Å². The Morgan fingerprint density at radius 2 is 1.39 bits per heavy atom. The van der Waals surface area contributed by atoms with E-state index in [1.54, 1.807) is 52.8 Å². The van der Waals surface area contributed by atoms with Crippen molar-refractivity contribution >= 4 is 11.9 Å². The molecule has 28 heavy (non-hydrogen) atoms. The molecule has 2 rings (SSSR count). The van der Waals surface area contributed by atoms with Gasteiger partial charge in [0.25, 0.3) is 0 Å². The fraction of sp³-hybridized carbons (Fsp3) is 0.400. The first-order chi connectivity index (χ1) is 12.9. The molecular weight excluding hydrogens is 364 g/mol. The molecule has 152 valence electrons. The maximum Gasteiger partial charge on any atom is 0.316 e. The third kappa shape index (κ3) is 5.67. The number of carboxylic acid groups (broad SMARTS) is 1. The molecule has 0 unspecified atom stereocenters. The number of rotatable bonds is 5. The van der Waals surface area contributed by atoms with Crippen LogP contribution >= 0.6 is 0 Å². The van der Waals surface area contributed by atoms with E-state index in [0.717, 1.165) is 0 Å². The van der Waals surface area contributed by atoms with Gasteiger partial charge in [0.1, 0.15) is 0 Å². The number of aromatic nitrogens is 2. The van der Waals surface area contributed by atoms with Gasteiger partial charge in [-0.2, -0.15) is 9.46 Å². The molecule has 0 aliphatic carbocycles. The van der Waals surface area contributed by atoms with E-state index in [-0.39, 0.29) is 5.97 Å². The van der Waals surface area contributed by atoms with Crippen molar-refractivity contribution in [3.8, 4) is 0 Å². The van der Waals surface area contributed by atoms with E-state index in [4.69, 9.17) is 9.84 Å². The van der Waals surface area contributed by atoms with Crippen molar-refractivity contribution < 1.29 is 28.9 Å². The second kappa shape index (κ2) is 9.16. The second-order valence-corrected chi connectivity index (χ2v) is 7.18. The predicted octanol–water partition coefficient (Wildman–Crippen LogP) is 1.84. The van der Waals surface area contributed by atoms with E-state index in [0.29, 0.717) is 27.2 Å². The number of carbonyl (C=O) groups is 2. The standard InChI is InChI=1S/C11H15NO3.C9H11NO3/c1-4-15-10(13)11(2,3)9-6-5-7-12(14)8-9;1-9(2,8(11)12)7-4-3-5-10(13)6-7/h5-8H,4H2,1-3H3;3-6H,1-2H3,(H,11,12). The van der Waals surface area contributed by atoms with Crippen LogP contribution in [0, 0.1) is 10.4 Å². The fourth-order valence-electron chi connectivity index (χ4n) is 2.20. The monoisotopic (exact) mass is 390 g/mol. The van der Waals surface area contributed by atoms with E-state index in [2.05, 4.69) is 0 Å². The summed E-state index contributed by atoms with van der Waals surface area (Å²) in [5, 5.41) is 30.8. The van der Waals surface area contributed by atoms with Crippen molar-refractivity contribution in [2.24, 2.45) is 0 Å². The van der Waals surface area contributed by atoms with Crippen LogP contribution in [0.3, 0.4) is 0 Å². The van der Waals surface area contributed by atoms with Gasteiger partial charge in [-0.25, -0.2) is 0 Å². The molecule has 0 saturated heterocycles. The van der Waals surface area contributed by atoms with Gasteiger partial charge in [0.2, 0.25) is 0 Å². The lowest BCUT2D eigenvalue weighted by Gasteiger charge is -2.21. The third-order valence-electron chi connectivity index (χ3n) is 4.31. The largest absolute Gasteiger partial charge is 0.619 e. The number of hydrogen-bond acceptors (Lipinski definition) is 5. The van der Waals surface area contributed by atoms with Crippen LogP contribution in [0.1, 0.15) is 45.7 Å². The molecule has 0 amide bonds. The van der Waals surface area contributed by atoms with Crippen LogP contribution in [0.15, 0.2) is 49.1 Å². The highest BCUT2D eigenvalue weighted by atomic mass is 16.5. The first-order valence-corrected chi connectivity index (χ1v) is 8.72. The number of hydrogen-bond donors (Lipinski definition) is 1. The van der Waals surface area contributed by atoms with Crippen LogP contribution in [0.4, 0.5) is 0 Å². The molecule has 0 radical (unpaired) electrons. The van der Waals surface area contributed by atoms with Crippen molar-refractivity contribution in [2.45, 2.75) is 45.4 Å². The molecule has 0 aliphatic rings. The predicted molar refractivity (Wildman–Crippen MR) is 101 cm³/mol. The molecule has 0 aromatic carbocycles. The Morgan fingerprint density at radius 1 is 0.964 bits per heavy atom. The Morgan fingerprint density at radius 3 is 1.75 bits per heavy atom. The summed E-state index contributed by atoms with van der Waals surface area (Å²) in [4.78, 5) is 22.5. The van der Waals surface area contributed by atoms with Crippen LogP contribution in [-0.4, -0.2) is 23.7 Å². The maximum absolute atomic E-state index is 11.6. The Labute approximate surface area is 164 Å². The van der Waals surface area contributed by atoms with Gasteiger partial charge in [0.15, 0.2) is 24.8 Å². The highest BCUT2D eigenvalue weighted by molar-refractivity contribution is 5.82. The number of carbonyl (C=O) groups excluding carboxylic acids is 1. The average Bonchev–Trinajstić information content (AvgIpc) is 2.62. The molecule has 2 aromatic heterocycles. The Hall–Kier alpha value is -3.16. The van der Waals surface area contributed by atoms with Gasteiger partial charge in [0.05, 0.1) is 17.4 Å². The van der Waals surface area contributed by atoms with E-state index in [1.165, 1.54) is 30.9 Å². The Bertz CT molecular complexity index is 833. The van der Waals surface area contributed by atoms with Gasteiger partial charge < -0.3 is 20.3 Å². The minimum absolute atomic E-state index is 0.323. The number of carboxylic acids is 1. The molecule has 0 spiro atoms. The summed E-state index contributed by atoms with van der Waals surface area (Å²) in [6.07, 6.45) is 5.36. The maximum atomic E-state index is 11.6. The molecular formula is C20H26N2O6. The molecule has 0 fully saturated rings. The number of pyridine rings is 2. The third-order valence-corrected chi connectivity index (χ3v) is 4.31. The summed E-state index contributed by atoms with van der Waals surface area (Å²) in [5.74, 6) is -1.27. The lowest BCUT2D eigenvalue weighted by molar-refractivity contribution is -0.606.